The largest absolute Gasteiger partial charge is 0.370 e. The summed E-state index contributed by atoms with van der Waals surface area (Å²) in [4.78, 5) is 16.3. The zero-order valence-corrected chi connectivity index (χ0v) is 14.2. The molecule has 0 bridgehead atoms. The number of hydrogen-bond acceptors (Lipinski definition) is 4. The zero-order chi connectivity index (χ0) is 15.8. The third-order valence-corrected chi connectivity index (χ3v) is 4.69. The molecule has 0 aromatic carbocycles. The second-order valence-electron chi connectivity index (χ2n) is 4.81. The van der Waals surface area contributed by atoms with Gasteiger partial charge in [0, 0.05) is 35.4 Å². The lowest BCUT2D eigenvalue weighted by Gasteiger charge is -2.11. The predicted molar refractivity (Wildman–Crippen MR) is 88.5 cm³/mol. The van der Waals surface area contributed by atoms with Gasteiger partial charge in [-0.05, 0) is 25.0 Å². The molecule has 2 unspecified atom stereocenters. The number of hydrogen-bond donors (Lipinski definition) is 2. The number of nitrogens with one attached hydrogen (secondary N) is 2. The summed E-state index contributed by atoms with van der Waals surface area (Å²) in [6.45, 7) is 5.18. The van der Waals surface area contributed by atoms with Gasteiger partial charge in [-0.15, -0.1) is 0 Å². The van der Waals surface area contributed by atoms with Crippen molar-refractivity contribution in [2.45, 2.75) is 31.9 Å². The van der Waals surface area contributed by atoms with Gasteiger partial charge in [-0.3, -0.25) is 9.00 Å². The topological polar surface area (TPSA) is 71.1 Å². The molecular formula is C14H22ClN3O2S. The van der Waals surface area contributed by atoms with Crippen LogP contribution in [-0.4, -0.2) is 39.7 Å². The van der Waals surface area contributed by atoms with Gasteiger partial charge in [0.15, 0.2) is 0 Å². The Morgan fingerprint density at radius 2 is 2.14 bits per heavy atom. The lowest BCUT2D eigenvalue weighted by Crippen LogP contribution is -2.28. The number of halogens is 1. The number of rotatable bonds is 8. The van der Waals surface area contributed by atoms with Crippen molar-refractivity contribution < 1.29 is 9.00 Å². The molecule has 0 saturated carbocycles. The molecule has 0 fully saturated rings. The first-order valence-corrected chi connectivity index (χ1v) is 8.96. The minimum atomic E-state index is -0.884. The van der Waals surface area contributed by atoms with E-state index in [1.54, 1.807) is 18.4 Å². The summed E-state index contributed by atoms with van der Waals surface area (Å²) in [6, 6.07) is 3.41. The third kappa shape index (κ3) is 6.01. The number of carbonyl (C=O) groups is 1. The molecule has 2 atom stereocenters. The molecule has 1 aromatic rings. The van der Waals surface area contributed by atoms with Crippen LogP contribution in [-0.2, 0) is 10.8 Å². The summed E-state index contributed by atoms with van der Waals surface area (Å²) in [5.41, 5.74) is 0.211. The van der Waals surface area contributed by atoms with E-state index in [9.17, 15) is 9.00 Å². The Hall–Kier alpha value is -1.14. The van der Waals surface area contributed by atoms with Crippen LogP contribution in [0.5, 0.6) is 0 Å². The Morgan fingerprint density at radius 1 is 1.43 bits per heavy atom. The fourth-order valence-electron chi connectivity index (χ4n) is 1.59. The maximum absolute atomic E-state index is 12.1. The Bertz CT molecular complexity index is 511. The minimum Gasteiger partial charge on any atom is -0.370 e. The van der Waals surface area contributed by atoms with E-state index < -0.39 is 10.8 Å². The summed E-state index contributed by atoms with van der Waals surface area (Å²) >= 11 is 6.02. The Kier molecular flexibility index (Phi) is 7.67. The average Bonchev–Trinajstić information content (AvgIpc) is 2.45. The molecule has 2 N–H and O–H groups in total. The van der Waals surface area contributed by atoms with Gasteiger partial charge in [0.2, 0.25) is 0 Å². The molecule has 21 heavy (non-hydrogen) atoms. The van der Waals surface area contributed by atoms with Crippen LogP contribution >= 0.6 is 11.6 Å². The molecule has 0 saturated heterocycles. The van der Waals surface area contributed by atoms with Crippen molar-refractivity contribution in [1.29, 1.82) is 0 Å². The van der Waals surface area contributed by atoms with E-state index in [0.29, 0.717) is 23.8 Å². The lowest BCUT2D eigenvalue weighted by molar-refractivity contribution is 0.0948. The fourth-order valence-corrected chi connectivity index (χ4v) is 2.23. The highest BCUT2D eigenvalue weighted by Gasteiger charge is 2.14. The van der Waals surface area contributed by atoms with Crippen LogP contribution in [0.1, 0.15) is 37.2 Å². The summed E-state index contributed by atoms with van der Waals surface area (Å²) in [6.07, 6.45) is 3.28. The van der Waals surface area contributed by atoms with E-state index in [-0.39, 0.29) is 16.9 Å². The lowest BCUT2D eigenvalue weighted by atomic mass is 10.3. The number of anilines is 1. The number of pyridine rings is 1. The molecule has 1 amide bonds. The molecule has 0 aliphatic rings. The quantitative estimate of drug-likeness (QED) is 0.767. The van der Waals surface area contributed by atoms with Gasteiger partial charge in [0.1, 0.15) is 11.5 Å². The minimum absolute atomic E-state index is 0.0475. The van der Waals surface area contributed by atoms with Crippen LogP contribution in [0.15, 0.2) is 12.1 Å². The first-order valence-electron chi connectivity index (χ1n) is 6.96. The van der Waals surface area contributed by atoms with Gasteiger partial charge in [0.05, 0.1) is 5.02 Å². The van der Waals surface area contributed by atoms with Crippen LogP contribution in [0.4, 0.5) is 5.82 Å². The smallest absolute Gasteiger partial charge is 0.271 e. The first kappa shape index (κ1) is 17.9. The predicted octanol–water partition coefficient (Wildman–Crippen LogP) is 2.44. The van der Waals surface area contributed by atoms with Gasteiger partial charge < -0.3 is 10.6 Å². The molecule has 1 aromatic heterocycles. The number of aromatic nitrogens is 1. The van der Waals surface area contributed by atoms with E-state index in [0.717, 1.165) is 13.0 Å². The molecular weight excluding hydrogens is 310 g/mol. The Balaban J connectivity index is 2.62. The third-order valence-electron chi connectivity index (χ3n) is 3.02. The number of amides is 1. The highest BCUT2D eigenvalue weighted by Crippen LogP contribution is 2.16. The van der Waals surface area contributed by atoms with Gasteiger partial charge >= 0.3 is 0 Å². The number of carbonyl (C=O) groups excluding carboxylic acids is 1. The van der Waals surface area contributed by atoms with Crippen molar-refractivity contribution in [1.82, 2.24) is 10.3 Å². The molecule has 1 rings (SSSR count). The van der Waals surface area contributed by atoms with Crippen LogP contribution < -0.4 is 10.6 Å². The molecule has 7 heteroatoms. The molecule has 118 valence electrons. The molecule has 1 heterocycles. The van der Waals surface area contributed by atoms with Crippen LogP contribution in [0.2, 0.25) is 5.02 Å². The monoisotopic (exact) mass is 331 g/mol. The summed E-state index contributed by atoms with van der Waals surface area (Å²) in [7, 11) is -0.884. The van der Waals surface area contributed by atoms with Crippen molar-refractivity contribution in [3.05, 3.63) is 22.8 Å². The number of nitrogens with zero attached hydrogens (tertiary/aromatic N) is 1. The van der Waals surface area contributed by atoms with Gasteiger partial charge in [-0.1, -0.05) is 25.4 Å². The highest BCUT2D eigenvalue weighted by molar-refractivity contribution is 7.84. The van der Waals surface area contributed by atoms with E-state index in [4.69, 9.17) is 11.6 Å². The zero-order valence-electron chi connectivity index (χ0n) is 12.6. The SMILES string of the molecule is CCCNc1ccc(Cl)c(C(=O)NCCC(C)S(C)=O)n1. The van der Waals surface area contributed by atoms with Crippen LogP contribution in [0.3, 0.4) is 0 Å². The molecule has 0 aliphatic heterocycles. The van der Waals surface area contributed by atoms with Crippen molar-refractivity contribution in [2.24, 2.45) is 0 Å². The summed E-state index contributed by atoms with van der Waals surface area (Å²) in [5.74, 6) is 0.323. The first-order chi connectivity index (χ1) is 9.95. The highest BCUT2D eigenvalue weighted by atomic mass is 35.5. The normalized spacial score (nSPS) is 13.5. The van der Waals surface area contributed by atoms with E-state index in [1.807, 2.05) is 6.92 Å². The summed E-state index contributed by atoms with van der Waals surface area (Å²) in [5, 5.41) is 6.25. The molecule has 0 radical (unpaired) electrons. The Labute approximate surface area is 133 Å². The second-order valence-corrected chi connectivity index (χ2v) is 7.02. The van der Waals surface area contributed by atoms with Gasteiger partial charge in [-0.2, -0.15) is 0 Å². The van der Waals surface area contributed by atoms with Crippen LogP contribution in [0.25, 0.3) is 0 Å². The summed E-state index contributed by atoms with van der Waals surface area (Å²) < 4.78 is 11.2. The van der Waals surface area contributed by atoms with Crippen molar-refractivity contribution in [3.63, 3.8) is 0 Å². The van der Waals surface area contributed by atoms with E-state index in [1.165, 1.54) is 0 Å². The fraction of sp³-hybridized carbons (Fsp3) is 0.571. The second kappa shape index (κ2) is 9.00. The van der Waals surface area contributed by atoms with Gasteiger partial charge in [-0.25, -0.2) is 4.98 Å². The van der Waals surface area contributed by atoms with Crippen LogP contribution in [0, 0.1) is 0 Å². The Morgan fingerprint density at radius 3 is 2.76 bits per heavy atom. The molecule has 0 aliphatic carbocycles. The molecule has 0 spiro atoms. The van der Waals surface area contributed by atoms with Crippen molar-refractivity contribution in [2.75, 3.05) is 24.7 Å². The van der Waals surface area contributed by atoms with Crippen molar-refractivity contribution >= 4 is 34.1 Å². The standard InChI is InChI=1S/C14H22ClN3O2S/c1-4-8-16-12-6-5-11(15)13(18-12)14(19)17-9-7-10(2)21(3)20/h5-6,10H,4,7-9H2,1-3H3,(H,16,18)(H,17,19). The maximum Gasteiger partial charge on any atom is 0.271 e. The molecule has 5 nitrogen and oxygen atoms in total. The maximum atomic E-state index is 12.1. The average molecular weight is 332 g/mol. The van der Waals surface area contributed by atoms with E-state index >= 15 is 0 Å². The van der Waals surface area contributed by atoms with Gasteiger partial charge in [0.25, 0.3) is 5.91 Å². The van der Waals surface area contributed by atoms with E-state index in [2.05, 4.69) is 22.5 Å². The van der Waals surface area contributed by atoms with Crippen molar-refractivity contribution in [3.8, 4) is 0 Å².